The first-order chi connectivity index (χ1) is 22.1. The minimum absolute atomic E-state index is 0.0209. The number of thioether (sulfide) groups is 1. The van der Waals surface area contributed by atoms with Gasteiger partial charge in [-0.15, -0.1) is 0 Å². The van der Waals surface area contributed by atoms with E-state index < -0.39 is 53.8 Å². The summed E-state index contributed by atoms with van der Waals surface area (Å²) in [5, 5.41) is 19.3. The number of hydrogen-bond donors (Lipinski definition) is 8. The summed E-state index contributed by atoms with van der Waals surface area (Å²) >= 11 is 1.44. The van der Waals surface area contributed by atoms with Gasteiger partial charge in [0.15, 0.2) is 0 Å². The highest BCUT2D eigenvalue weighted by atomic mass is 32.2. The van der Waals surface area contributed by atoms with Gasteiger partial charge >= 0.3 is 5.97 Å². The third-order valence-electron chi connectivity index (χ3n) is 7.72. The molecule has 4 amide bonds. The first kappa shape index (κ1) is 34.1. The summed E-state index contributed by atoms with van der Waals surface area (Å²) in [5.41, 5.74) is 14.8. The van der Waals surface area contributed by atoms with E-state index in [1.165, 1.54) is 11.8 Å². The monoisotopic (exact) mass is 649 g/mol. The number of hydrogen-bond acceptors (Lipinski definition) is 7. The zero-order valence-electron chi connectivity index (χ0n) is 25.4. The summed E-state index contributed by atoms with van der Waals surface area (Å²) in [6.45, 7) is 0. The first-order valence-corrected chi connectivity index (χ1v) is 16.2. The van der Waals surface area contributed by atoms with Gasteiger partial charge in [0.05, 0.1) is 6.04 Å². The number of aliphatic carboxylic acids is 1. The van der Waals surface area contributed by atoms with Crippen molar-refractivity contribution in [2.45, 2.75) is 56.3 Å². The van der Waals surface area contributed by atoms with Crippen LogP contribution in [0.15, 0.2) is 60.9 Å². The van der Waals surface area contributed by atoms with Gasteiger partial charge < -0.3 is 42.5 Å². The zero-order chi connectivity index (χ0) is 33.2. The summed E-state index contributed by atoms with van der Waals surface area (Å²) in [4.78, 5) is 70.2. The number of fused-ring (bicyclic) bond motifs is 2. The van der Waals surface area contributed by atoms with Crippen molar-refractivity contribution in [1.29, 1.82) is 0 Å². The molecule has 2 aromatic carbocycles. The van der Waals surface area contributed by atoms with Crippen molar-refractivity contribution in [3.8, 4) is 0 Å². The van der Waals surface area contributed by atoms with Crippen LogP contribution >= 0.6 is 11.8 Å². The van der Waals surface area contributed by atoms with Gasteiger partial charge in [0.1, 0.15) is 18.1 Å². The van der Waals surface area contributed by atoms with Gasteiger partial charge in [-0.05, 0) is 54.5 Å². The van der Waals surface area contributed by atoms with Crippen LogP contribution < -0.4 is 27.4 Å². The molecule has 4 unspecified atom stereocenters. The molecule has 4 atom stereocenters. The van der Waals surface area contributed by atoms with Gasteiger partial charge in [0.25, 0.3) is 0 Å². The van der Waals surface area contributed by atoms with Gasteiger partial charge in [0, 0.05) is 47.0 Å². The molecule has 10 N–H and O–H groups in total. The highest BCUT2D eigenvalue weighted by molar-refractivity contribution is 7.98. The van der Waals surface area contributed by atoms with Crippen LogP contribution in [0.5, 0.6) is 0 Å². The van der Waals surface area contributed by atoms with Crippen molar-refractivity contribution in [3.05, 3.63) is 72.1 Å². The lowest BCUT2D eigenvalue weighted by atomic mass is 10.0. The minimum Gasteiger partial charge on any atom is -0.480 e. The fraction of sp³-hybridized carbons (Fsp3) is 0.344. The topological polar surface area (TPSA) is 225 Å². The van der Waals surface area contributed by atoms with Crippen LogP contribution in [0.1, 0.15) is 30.4 Å². The Morgan fingerprint density at radius 3 is 1.85 bits per heavy atom. The highest BCUT2D eigenvalue weighted by Gasteiger charge is 2.31. The number of rotatable bonds is 17. The molecule has 0 bridgehead atoms. The zero-order valence-corrected chi connectivity index (χ0v) is 26.2. The number of carbonyl (C=O) groups is 5. The molecule has 0 aliphatic carbocycles. The number of aromatic nitrogens is 2. The van der Waals surface area contributed by atoms with E-state index >= 15 is 0 Å². The fourth-order valence-corrected chi connectivity index (χ4v) is 5.70. The van der Waals surface area contributed by atoms with Crippen LogP contribution in [0.25, 0.3) is 21.8 Å². The molecule has 46 heavy (non-hydrogen) atoms. The first-order valence-electron chi connectivity index (χ1n) is 14.8. The molecule has 13 nitrogen and oxygen atoms in total. The van der Waals surface area contributed by atoms with E-state index in [0.29, 0.717) is 11.3 Å². The fourth-order valence-electron chi connectivity index (χ4n) is 5.23. The van der Waals surface area contributed by atoms with Crippen molar-refractivity contribution in [2.75, 3.05) is 12.0 Å². The maximum absolute atomic E-state index is 13.7. The lowest BCUT2D eigenvalue weighted by molar-refractivity contribution is -0.142. The second-order valence-electron chi connectivity index (χ2n) is 11.0. The summed E-state index contributed by atoms with van der Waals surface area (Å²) < 4.78 is 0. The molecule has 4 rings (SSSR count). The predicted octanol–water partition coefficient (Wildman–Crippen LogP) is 1.32. The Bertz CT molecular complexity index is 1700. The molecule has 4 aromatic rings. The van der Waals surface area contributed by atoms with Crippen LogP contribution in [0.4, 0.5) is 0 Å². The third kappa shape index (κ3) is 8.88. The number of benzene rings is 2. The number of nitrogens with two attached hydrogens (primary N) is 2. The van der Waals surface area contributed by atoms with E-state index in [9.17, 15) is 29.1 Å². The Labute approximate surface area is 269 Å². The summed E-state index contributed by atoms with van der Waals surface area (Å²) in [5.74, 6) is -3.46. The molecule has 2 aromatic heterocycles. The Morgan fingerprint density at radius 1 is 0.761 bits per heavy atom. The molecule has 0 spiro atoms. The van der Waals surface area contributed by atoms with E-state index in [0.717, 1.165) is 27.4 Å². The predicted molar refractivity (Wildman–Crippen MR) is 177 cm³/mol. The number of aromatic amines is 2. The quantitative estimate of drug-likeness (QED) is 0.0830. The van der Waals surface area contributed by atoms with Crippen LogP contribution in [0.2, 0.25) is 0 Å². The van der Waals surface area contributed by atoms with Gasteiger partial charge in [-0.2, -0.15) is 11.8 Å². The van der Waals surface area contributed by atoms with Crippen LogP contribution in [0.3, 0.4) is 0 Å². The van der Waals surface area contributed by atoms with Crippen molar-refractivity contribution in [3.63, 3.8) is 0 Å². The van der Waals surface area contributed by atoms with Crippen LogP contribution in [0, 0.1) is 0 Å². The van der Waals surface area contributed by atoms with E-state index in [1.807, 2.05) is 54.8 Å². The van der Waals surface area contributed by atoms with E-state index in [4.69, 9.17) is 11.5 Å². The van der Waals surface area contributed by atoms with E-state index in [2.05, 4.69) is 25.9 Å². The molecular weight excluding hydrogens is 610 g/mol. The van der Waals surface area contributed by atoms with Gasteiger partial charge in [-0.3, -0.25) is 19.2 Å². The maximum atomic E-state index is 13.7. The molecule has 0 fully saturated rings. The van der Waals surface area contributed by atoms with Crippen molar-refractivity contribution in [1.82, 2.24) is 25.9 Å². The Kier molecular flexibility index (Phi) is 11.8. The van der Waals surface area contributed by atoms with Gasteiger partial charge in [-0.1, -0.05) is 36.4 Å². The molecule has 0 saturated carbocycles. The number of H-pyrrole nitrogens is 2. The Balaban J connectivity index is 1.53. The van der Waals surface area contributed by atoms with E-state index in [-0.39, 0.29) is 32.1 Å². The molecular formula is C32H39N7O6S. The molecule has 0 aliphatic heterocycles. The molecule has 0 radical (unpaired) electrons. The minimum atomic E-state index is -1.25. The summed E-state index contributed by atoms with van der Waals surface area (Å²) in [6, 6.07) is 10.3. The van der Waals surface area contributed by atoms with Crippen molar-refractivity contribution >= 4 is 63.2 Å². The number of amides is 4. The average molecular weight is 650 g/mol. The normalized spacial score (nSPS) is 13.9. The highest BCUT2D eigenvalue weighted by Crippen LogP contribution is 2.20. The maximum Gasteiger partial charge on any atom is 0.326 e. The standard InChI is InChI=1S/C32H39N7O6S/c1-46-13-12-26(32(44)45)38-31(43)27(15-19-17-36-24-9-5-3-7-21(19)24)39-30(42)25(10-11-28(34)40)37-29(41)22(33)14-18-16-35-23-8-4-2-6-20(18)23/h2-9,16-17,22,25-27,35-36H,10-15,33H2,1H3,(H2,34,40)(H,37,41)(H,38,43)(H,39,42)(H,44,45). The molecule has 244 valence electrons. The lowest BCUT2D eigenvalue weighted by Gasteiger charge is -2.25. The average Bonchev–Trinajstić information content (AvgIpc) is 3.64. The molecule has 0 saturated heterocycles. The second kappa shape index (κ2) is 16.0. The second-order valence-corrected chi connectivity index (χ2v) is 12.0. The van der Waals surface area contributed by atoms with Crippen molar-refractivity contribution < 1.29 is 29.1 Å². The molecule has 0 aliphatic rings. The number of carboxylic acid groups (broad SMARTS) is 1. The number of carbonyl (C=O) groups excluding carboxylic acids is 4. The smallest absolute Gasteiger partial charge is 0.326 e. The Morgan fingerprint density at radius 2 is 1.28 bits per heavy atom. The summed E-state index contributed by atoms with van der Waals surface area (Å²) in [7, 11) is 0. The SMILES string of the molecule is CSCCC(NC(=O)C(Cc1c[nH]c2ccccc12)NC(=O)C(CCC(N)=O)NC(=O)C(N)Cc1c[nH]c2ccccc12)C(=O)O. The third-order valence-corrected chi connectivity index (χ3v) is 8.37. The lowest BCUT2D eigenvalue weighted by Crippen LogP contribution is -2.58. The number of carboxylic acids is 1. The largest absolute Gasteiger partial charge is 0.480 e. The Hall–Kier alpha value is -4.82. The van der Waals surface area contributed by atoms with Gasteiger partial charge in [-0.25, -0.2) is 4.79 Å². The molecule has 14 heteroatoms. The van der Waals surface area contributed by atoms with Crippen LogP contribution in [-0.2, 0) is 36.8 Å². The number of para-hydroxylation sites is 2. The summed E-state index contributed by atoms with van der Waals surface area (Å²) in [6.07, 6.45) is 5.34. The van der Waals surface area contributed by atoms with Crippen LogP contribution in [-0.4, -0.2) is 80.8 Å². The van der Waals surface area contributed by atoms with Gasteiger partial charge in [0.2, 0.25) is 23.6 Å². The number of nitrogens with one attached hydrogen (secondary N) is 5. The number of primary amides is 1. The van der Waals surface area contributed by atoms with E-state index in [1.54, 1.807) is 12.4 Å². The van der Waals surface area contributed by atoms with Crippen molar-refractivity contribution in [2.24, 2.45) is 11.5 Å². The molecule has 2 heterocycles.